The number of rotatable bonds is 10. The third kappa shape index (κ3) is 7.12. The van der Waals surface area contributed by atoms with Gasteiger partial charge in [-0.1, -0.05) is 15.6 Å². The first-order chi connectivity index (χ1) is 17.6. The zero-order valence-corrected chi connectivity index (χ0v) is 21.7. The highest BCUT2D eigenvalue weighted by molar-refractivity contribution is 6.06. The molecule has 4 rings (SSSR count). The normalized spacial score (nSPS) is 11.3. The molecule has 3 heterocycles. The predicted octanol–water partition coefficient (Wildman–Crippen LogP) is -2.08. The summed E-state index contributed by atoms with van der Waals surface area (Å²) >= 11 is 0. The Morgan fingerprint density at radius 3 is 1.54 bits per heavy atom. The Bertz CT molecular complexity index is 1320. The maximum atomic E-state index is 13.1. The Morgan fingerprint density at radius 2 is 1.19 bits per heavy atom. The van der Waals surface area contributed by atoms with E-state index in [0.29, 0.717) is 39.9 Å². The second-order valence-electron chi connectivity index (χ2n) is 9.52. The number of nitrogens with zero attached hydrogens (tertiary/aromatic N) is 9. The predicted molar refractivity (Wildman–Crippen MR) is 139 cm³/mol. The number of hydrogen-bond donors (Lipinski definition) is 1. The minimum atomic E-state index is -0.445. The van der Waals surface area contributed by atoms with Gasteiger partial charge in [-0.05, 0) is 32.9 Å². The lowest BCUT2D eigenvalue weighted by atomic mass is 10.1. The minimum absolute atomic E-state index is 0.100. The molecule has 4 aromatic rings. The highest BCUT2D eigenvalue weighted by atomic mass is 16.5. The van der Waals surface area contributed by atoms with Gasteiger partial charge in [-0.3, -0.25) is 4.79 Å². The van der Waals surface area contributed by atoms with Crippen molar-refractivity contribution in [1.82, 2.24) is 50.0 Å². The zero-order chi connectivity index (χ0) is 26.6. The lowest BCUT2D eigenvalue weighted by molar-refractivity contribution is 0.0918. The largest absolute Gasteiger partial charge is 0.483 e. The summed E-state index contributed by atoms with van der Waals surface area (Å²) in [6.07, 6.45) is 5.22. The van der Waals surface area contributed by atoms with E-state index in [4.69, 9.17) is 14.2 Å². The molecule has 3 aromatic heterocycles. The van der Waals surface area contributed by atoms with Crippen LogP contribution >= 0.6 is 0 Å². The van der Waals surface area contributed by atoms with Crippen LogP contribution in [0.1, 0.15) is 48.2 Å². The average molecular weight is 504 g/mol. The number of nitrogens with one attached hydrogen (secondary N) is 1. The van der Waals surface area contributed by atoms with Gasteiger partial charge < -0.3 is 33.3 Å². The van der Waals surface area contributed by atoms with Gasteiger partial charge in [-0.2, -0.15) is 0 Å². The van der Waals surface area contributed by atoms with Gasteiger partial charge in [-0.15, -0.1) is 15.3 Å². The van der Waals surface area contributed by atoms with Crippen molar-refractivity contribution in [2.45, 2.75) is 46.1 Å². The van der Waals surface area contributed by atoms with Crippen molar-refractivity contribution >= 4 is 29.9 Å². The molecule has 37 heavy (non-hydrogen) atoms. The molecule has 0 aliphatic heterocycles. The minimum Gasteiger partial charge on any atom is -0.483 e. The maximum absolute atomic E-state index is 13.1. The van der Waals surface area contributed by atoms with Gasteiger partial charge in [0.25, 0.3) is 29.9 Å². The average Bonchev–Trinajstić information content (AvgIpc) is 3.55. The quantitative estimate of drug-likeness (QED) is 0.239. The third-order valence-electron chi connectivity index (χ3n) is 4.84. The van der Waals surface area contributed by atoms with Crippen molar-refractivity contribution in [2.75, 3.05) is 0 Å². The molecule has 0 spiro atoms. The summed E-state index contributed by atoms with van der Waals surface area (Å²) in [5.41, 5.74) is 1.71. The van der Waals surface area contributed by atoms with Gasteiger partial charge in [-0.25, -0.2) is 0 Å². The molecule has 0 saturated heterocycles. The Kier molecular flexibility index (Phi) is 7.50. The number of amides is 1. The van der Waals surface area contributed by atoms with E-state index in [9.17, 15) is 4.79 Å². The van der Waals surface area contributed by atoms with Crippen LogP contribution in [-0.2, 0) is 19.8 Å². The maximum Gasteiger partial charge on any atom is 0.251 e. The van der Waals surface area contributed by atoms with Gasteiger partial charge in [0.1, 0.15) is 36.9 Å². The molecule has 0 bridgehead atoms. The van der Waals surface area contributed by atoms with E-state index in [2.05, 4.69) is 36.3 Å². The number of aromatic nitrogens is 9. The van der Waals surface area contributed by atoms with Gasteiger partial charge >= 0.3 is 0 Å². The molecule has 0 fully saturated rings. The zero-order valence-electron chi connectivity index (χ0n) is 21.7. The van der Waals surface area contributed by atoms with E-state index in [1.807, 2.05) is 20.8 Å². The van der Waals surface area contributed by atoms with E-state index in [-0.39, 0.29) is 25.7 Å². The molecule has 14 nitrogen and oxygen atoms in total. The second-order valence-corrected chi connectivity index (χ2v) is 9.52. The van der Waals surface area contributed by atoms with E-state index in [1.165, 1.54) is 0 Å². The van der Waals surface area contributed by atoms with Crippen molar-refractivity contribution < 1.29 is 19.0 Å². The van der Waals surface area contributed by atoms with E-state index >= 15 is 0 Å². The number of carbonyl (C=O) groups excluding carboxylic acids is 1. The molecule has 0 unspecified atom stereocenters. The molecule has 17 heteroatoms. The lowest BCUT2D eigenvalue weighted by Crippen LogP contribution is -2.40. The Morgan fingerprint density at radius 1 is 0.784 bits per heavy atom. The topological polar surface area (TPSA) is 149 Å². The fourth-order valence-corrected chi connectivity index (χ4v) is 3.31. The molecule has 1 N–H and O–H groups in total. The van der Waals surface area contributed by atoms with Crippen molar-refractivity contribution in [3.8, 4) is 17.2 Å². The number of benzene rings is 1. The van der Waals surface area contributed by atoms with Gasteiger partial charge in [0.15, 0.2) is 11.5 Å². The summed E-state index contributed by atoms with van der Waals surface area (Å²) in [5.74, 6) is 0.600. The van der Waals surface area contributed by atoms with Crippen molar-refractivity contribution in [3.63, 3.8) is 0 Å². The van der Waals surface area contributed by atoms with Crippen molar-refractivity contribution in [2.24, 2.45) is 0 Å². The van der Waals surface area contributed by atoms with Crippen molar-refractivity contribution in [3.05, 3.63) is 53.4 Å². The molecule has 190 valence electrons. The van der Waals surface area contributed by atoms with Crippen LogP contribution in [0.2, 0.25) is 0 Å². The van der Waals surface area contributed by atoms with Crippen LogP contribution in [0, 0.1) is 0 Å². The number of carbonyl (C=O) groups is 1. The van der Waals surface area contributed by atoms with E-state index in [1.54, 1.807) is 68.4 Å². The SMILES string of the molecule is Bn1cc(COc2cc(C(=O)NC(C)(C)C)cc(OCc3cn(B)nn3)c2OCc2cn(B)nn2)nn1. The van der Waals surface area contributed by atoms with Gasteiger partial charge in [0.05, 0.1) is 0 Å². The van der Waals surface area contributed by atoms with E-state index in [0.717, 1.165) is 0 Å². The first-order valence-corrected chi connectivity index (χ1v) is 11.5. The van der Waals surface area contributed by atoms with Gasteiger partial charge in [0.2, 0.25) is 5.75 Å². The molecule has 0 radical (unpaired) electrons. The summed E-state index contributed by atoms with van der Waals surface area (Å²) in [5, 5.41) is 27.0. The summed E-state index contributed by atoms with van der Waals surface area (Å²) < 4.78 is 23.0. The van der Waals surface area contributed by atoms with E-state index < -0.39 is 5.54 Å². The first-order valence-electron chi connectivity index (χ1n) is 11.5. The Hall–Kier alpha value is -4.30. The van der Waals surface area contributed by atoms with Crippen LogP contribution in [0.15, 0.2) is 30.7 Å². The molecular formula is C20H27B3N10O4. The standard InChI is InChI=1S/C20H27B3N10O4/c1-20(2,3)24-19(34)12-4-16(35-9-13-6-31(21)28-25-13)18(37-11-15-8-33(23)30-27-15)17(5-12)36-10-14-7-32(22)29-26-14/h4-8H,9-11,21-23H2,1-3H3,(H,24,34). The smallest absolute Gasteiger partial charge is 0.251 e. The van der Waals surface area contributed by atoms with Crippen LogP contribution in [0.5, 0.6) is 17.2 Å². The van der Waals surface area contributed by atoms with Crippen molar-refractivity contribution in [1.29, 1.82) is 0 Å². The fraction of sp³-hybridized carbons (Fsp3) is 0.350. The summed E-state index contributed by atoms with van der Waals surface area (Å²) in [6, 6.07) is 3.22. The third-order valence-corrected chi connectivity index (χ3v) is 4.84. The molecule has 0 saturated carbocycles. The highest BCUT2D eigenvalue weighted by Crippen LogP contribution is 2.40. The fourth-order valence-electron chi connectivity index (χ4n) is 3.31. The lowest BCUT2D eigenvalue weighted by Gasteiger charge is -2.22. The number of hydrogen-bond acceptors (Lipinski definition) is 10. The molecule has 0 aliphatic rings. The van der Waals surface area contributed by atoms with Crippen LogP contribution in [0.4, 0.5) is 0 Å². The second kappa shape index (κ2) is 10.8. The van der Waals surface area contributed by atoms with Crippen LogP contribution < -0.4 is 19.5 Å². The first kappa shape index (κ1) is 25.8. The van der Waals surface area contributed by atoms with Crippen LogP contribution in [0.3, 0.4) is 0 Å². The molecule has 1 amide bonds. The number of ether oxygens (including phenoxy) is 3. The molecule has 0 aliphatic carbocycles. The highest BCUT2D eigenvalue weighted by Gasteiger charge is 2.23. The molecular weight excluding hydrogens is 477 g/mol. The summed E-state index contributed by atoms with van der Waals surface area (Å²) in [6.45, 7) is 6.01. The van der Waals surface area contributed by atoms with Gasteiger partial charge in [0, 0.05) is 29.7 Å². The van der Waals surface area contributed by atoms with Crippen LogP contribution in [0.25, 0.3) is 0 Å². The van der Waals surface area contributed by atoms with Crippen LogP contribution in [-0.4, -0.2) is 80.1 Å². The summed E-state index contributed by atoms with van der Waals surface area (Å²) in [4.78, 5) is 13.1. The Balaban J connectivity index is 1.69. The summed E-state index contributed by atoms with van der Waals surface area (Å²) in [7, 11) is 5.30. The molecule has 1 aromatic carbocycles. The monoisotopic (exact) mass is 504 g/mol. The molecule has 0 atom stereocenters. The Labute approximate surface area is 215 Å².